The molecule has 84 valence electrons. The fourth-order valence-electron chi connectivity index (χ4n) is 1.18. The number of hydrogen-bond donors (Lipinski definition) is 2. The van der Waals surface area contributed by atoms with Crippen LogP contribution in [-0.4, -0.2) is 21.5 Å². The van der Waals surface area contributed by atoms with E-state index in [0.717, 1.165) is 18.7 Å². The van der Waals surface area contributed by atoms with Gasteiger partial charge in [0, 0.05) is 18.3 Å². The Labute approximate surface area is 105 Å². The first-order valence-corrected chi connectivity index (χ1v) is 6.38. The predicted octanol–water partition coefficient (Wildman–Crippen LogP) is 1.93. The van der Waals surface area contributed by atoms with Crippen LogP contribution in [0.5, 0.6) is 0 Å². The molecule has 0 aliphatic carbocycles. The van der Waals surface area contributed by atoms with Crippen molar-refractivity contribution in [2.45, 2.75) is 6.42 Å². The minimum atomic E-state index is 0.436. The van der Waals surface area contributed by atoms with Crippen molar-refractivity contribution in [3.05, 3.63) is 27.4 Å². The van der Waals surface area contributed by atoms with Crippen LogP contribution in [0.2, 0.25) is 0 Å². The second-order valence-corrected chi connectivity index (χ2v) is 4.59. The molecule has 16 heavy (non-hydrogen) atoms. The number of anilines is 2. The van der Waals surface area contributed by atoms with Crippen LogP contribution in [0.15, 0.2) is 21.7 Å². The topological polar surface area (TPSA) is 76.7 Å². The SMILES string of the molecule is Nc1ncnc(NCCc2cscn2)c1Br. The summed E-state index contributed by atoms with van der Waals surface area (Å²) in [6.07, 6.45) is 2.30. The summed E-state index contributed by atoms with van der Waals surface area (Å²) in [6, 6.07) is 0. The van der Waals surface area contributed by atoms with Gasteiger partial charge in [0.25, 0.3) is 0 Å². The first kappa shape index (κ1) is 11.3. The summed E-state index contributed by atoms with van der Waals surface area (Å²) in [4.78, 5) is 12.2. The quantitative estimate of drug-likeness (QED) is 0.902. The predicted molar refractivity (Wildman–Crippen MR) is 68.5 cm³/mol. The minimum Gasteiger partial charge on any atom is -0.383 e. The molecule has 0 radical (unpaired) electrons. The Hall–Kier alpha value is -1.21. The van der Waals surface area contributed by atoms with Crippen LogP contribution in [0.1, 0.15) is 5.69 Å². The molecule has 3 N–H and O–H groups in total. The highest BCUT2D eigenvalue weighted by molar-refractivity contribution is 9.10. The first-order valence-electron chi connectivity index (χ1n) is 4.64. The second-order valence-electron chi connectivity index (χ2n) is 3.08. The summed E-state index contributed by atoms with van der Waals surface area (Å²) in [5, 5.41) is 5.21. The zero-order valence-corrected chi connectivity index (χ0v) is 10.8. The lowest BCUT2D eigenvalue weighted by atomic mass is 10.3. The van der Waals surface area contributed by atoms with Crippen LogP contribution in [0.4, 0.5) is 11.6 Å². The van der Waals surface area contributed by atoms with E-state index >= 15 is 0 Å². The third-order valence-corrected chi connectivity index (χ3v) is 3.39. The van der Waals surface area contributed by atoms with E-state index in [-0.39, 0.29) is 0 Å². The van der Waals surface area contributed by atoms with Gasteiger partial charge in [-0.1, -0.05) is 0 Å². The summed E-state index contributed by atoms with van der Waals surface area (Å²) in [5.74, 6) is 1.15. The molecule has 0 fully saturated rings. The number of aromatic nitrogens is 3. The molecule has 0 aliphatic heterocycles. The monoisotopic (exact) mass is 299 g/mol. The number of nitrogen functional groups attached to an aromatic ring is 1. The fourth-order valence-corrected chi connectivity index (χ4v) is 2.11. The second kappa shape index (κ2) is 5.22. The van der Waals surface area contributed by atoms with Gasteiger partial charge in [-0.2, -0.15) is 0 Å². The summed E-state index contributed by atoms with van der Waals surface area (Å²) >= 11 is 4.93. The van der Waals surface area contributed by atoms with E-state index in [1.165, 1.54) is 6.33 Å². The standard InChI is InChI=1S/C9H10BrN5S/c10-7-8(11)13-4-14-9(7)12-2-1-6-3-16-5-15-6/h3-5H,1-2H2,(H3,11,12,13,14). The molecule has 5 nitrogen and oxygen atoms in total. The van der Waals surface area contributed by atoms with Gasteiger partial charge in [0.15, 0.2) is 0 Å². The van der Waals surface area contributed by atoms with Gasteiger partial charge in [-0.3, -0.25) is 0 Å². The molecule has 0 amide bonds. The number of nitrogens with one attached hydrogen (secondary N) is 1. The Balaban J connectivity index is 1.92. The summed E-state index contributed by atoms with van der Waals surface area (Å²) in [5.41, 5.74) is 8.54. The van der Waals surface area contributed by atoms with Gasteiger partial charge < -0.3 is 11.1 Å². The molecule has 0 saturated carbocycles. The van der Waals surface area contributed by atoms with E-state index in [9.17, 15) is 0 Å². The van der Waals surface area contributed by atoms with Crippen molar-refractivity contribution in [3.8, 4) is 0 Å². The molecule has 0 aromatic carbocycles. The molecular formula is C9H10BrN5S. The average molecular weight is 300 g/mol. The molecule has 0 saturated heterocycles. The van der Waals surface area contributed by atoms with Gasteiger partial charge in [-0.25, -0.2) is 15.0 Å². The molecule has 2 aromatic heterocycles. The molecule has 0 aliphatic rings. The maximum atomic E-state index is 5.64. The van der Waals surface area contributed by atoms with E-state index in [1.54, 1.807) is 11.3 Å². The van der Waals surface area contributed by atoms with E-state index in [2.05, 4.69) is 36.2 Å². The van der Waals surface area contributed by atoms with Crippen molar-refractivity contribution in [2.24, 2.45) is 0 Å². The van der Waals surface area contributed by atoms with E-state index in [1.807, 2.05) is 10.9 Å². The molecule has 2 heterocycles. The zero-order valence-electron chi connectivity index (χ0n) is 8.35. The molecule has 0 bridgehead atoms. The van der Waals surface area contributed by atoms with Crippen molar-refractivity contribution in [1.29, 1.82) is 0 Å². The van der Waals surface area contributed by atoms with Gasteiger partial charge >= 0.3 is 0 Å². The molecule has 0 unspecified atom stereocenters. The van der Waals surface area contributed by atoms with Crippen molar-refractivity contribution in [3.63, 3.8) is 0 Å². The fraction of sp³-hybridized carbons (Fsp3) is 0.222. The zero-order chi connectivity index (χ0) is 11.4. The minimum absolute atomic E-state index is 0.436. The van der Waals surface area contributed by atoms with Gasteiger partial charge in [0.1, 0.15) is 22.4 Å². The van der Waals surface area contributed by atoms with Crippen LogP contribution < -0.4 is 11.1 Å². The summed E-state index contributed by atoms with van der Waals surface area (Å²) < 4.78 is 0.702. The van der Waals surface area contributed by atoms with E-state index in [0.29, 0.717) is 16.1 Å². The van der Waals surface area contributed by atoms with Crippen LogP contribution in [0, 0.1) is 0 Å². The van der Waals surface area contributed by atoms with Crippen molar-refractivity contribution in [1.82, 2.24) is 15.0 Å². The molecule has 7 heteroatoms. The van der Waals surface area contributed by atoms with Gasteiger partial charge in [0.05, 0.1) is 11.2 Å². The molecule has 2 aromatic rings. The number of rotatable bonds is 4. The maximum absolute atomic E-state index is 5.64. The molecule has 0 spiro atoms. The number of halogens is 1. The largest absolute Gasteiger partial charge is 0.383 e. The smallest absolute Gasteiger partial charge is 0.145 e. The lowest BCUT2D eigenvalue weighted by Gasteiger charge is -2.07. The maximum Gasteiger partial charge on any atom is 0.145 e. The normalized spacial score (nSPS) is 10.3. The number of hydrogen-bond acceptors (Lipinski definition) is 6. The molecule has 0 atom stereocenters. The van der Waals surface area contributed by atoms with E-state index < -0.39 is 0 Å². The Bertz CT molecular complexity index is 459. The van der Waals surface area contributed by atoms with Gasteiger partial charge in [0.2, 0.25) is 0 Å². The Kier molecular flexibility index (Phi) is 3.68. The lowest BCUT2D eigenvalue weighted by Crippen LogP contribution is -2.08. The van der Waals surface area contributed by atoms with Crippen LogP contribution in [0.3, 0.4) is 0 Å². The van der Waals surface area contributed by atoms with Crippen molar-refractivity contribution >= 4 is 38.9 Å². The molecule has 2 rings (SSSR count). The number of thiazole rings is 1. The number of nitrogens with zero attached hydrogens (tertiary/aromatic N) is 3. The highest BCUT2D eigenvalue weighted by atomic mass is 79.9. The van der Waals surface area contributed by atoms with Crippen LogP contribution in [-0.2, 0) is 6.42 Å². The molecular weight excluding hydrogens is 290 g/mol. The Morgan fingerprint density at radius 1 is 1.38 bits per heavy atom. The van der Waals surface area contributed by atoms with Crippen molar-refractivity contribution < 1.29 is 0 Å². The summed E-state index contributed by atoms with van der Waals surface area (Å²) in [7, 11) is 0. The average Bonchev–Trinajstić information content (AvgIpc) is 2.77. The number of nitrogens with two attached hydrogens (primary N) is 1. The van der Waals surface area contributed by atoms with Crippen LogP contribution >= 0.6 is 27.3 Å². The first-order chi connectivity index (χ1) is 7.77. The van der Waals surface area contributed by atoms with Gasteiger partial charge in [-0.05, 0) is 15.9 Å². The Morgan fingerprint density at radius 2 is 2.25 bits per heavy atom. The van der Waals surface area contributed by atoms with Crippen LogP contribution in [0.25, 0.3) is 0 Å². The van der Waals surface area contributed by atoms with E-state index in [4.69, 9.17) is 5.73 Å². The summed E-state index contributed by atoms with van der Waals surface area (Å²) in [6.45, 7) is 0.763. The third-order valence-electron chi connectivity index (χ3n) is 1.97. The highest BCUT2D eigenvalue weighted by Crippen LogP contribution is 2.23. The highest BCUT2D eigenvalue weighted by Gasteiger charge is 2.04. The van der Waals surface area contributed by atoms with Crippen molar-refractivity contribution in [2.75, 3.05) is 17.6 Å². The van der Waals surface area contributed by atoms with Gasteiger partial charge in [-0.15, -0.1) is 11.3 Å². The lowest BCUT2D eigenvalue weighted by molar-refractivity contribution is 0.963. The Morgan fingerprint density at radius 3 is 3.00 bits per heavy atom. The third kappa shape index (κ3) is 2.67.